The largest absolute Gasteiger partial charge is 0.359 e. The highest BCUT2D eigenvalue weighted by molar-refractivity contribution is 6.89. The molecule has 0 spiro atoms. The number of rotatable bonds is 3. The molecular weight excluding hydrogens is 607 g/mol. The molecule has 0 radical (unpaired) electrons. The lowest BCUT2D eigenvalue weighted by atomic mass is 9.45. The van der Waals surface area contributed by atoms with Gasteiger partial charge in [0.1, 0.15) is 11.3 Å². The van der Waals surface area contributed by atoms with Gasteiger partial charge in [0.05, 0.1) is 16.6 Å². The summed E-state index contributed by atoms with van der Waals surface area (Å²) in [5.41, 5.74) is 18.0. The molecule has 0 amide bonds. The molecule has 0 unspecified atom stereocenters. The van der Waals surface area contributed by atoms with Crippen LogP contribution in [0.15, 0.2) is 152 Å². The van der Waals surface area contributed by atoms with Crippen LogP contribution in [-0.4, -0.2) is 20.9 Å². The summed E-state index contributed by atoms with van der Waals surface area (Å²) in [4.78, 5) is 8.25. The van der Waals surface area contributed by atoms with Gasteiger partial charge in [-0.15, -0.1) is 0 Å². The van der Waals surface area contributed by atoms with Crippen LogP contribution in [-0.2, 0) is 0 Å². The normalized spacial score (nSPS) is 12.9. The van der Waals surface area contributed by atoms with Gasteiger partial charge >= 0.3 is 6.85 Å². The number of imidazole rings is 1. The molecule has 2 aliphatic rings. The monoisotopic (exact) mass is 638 g/mol. The standard InChI is InChI=1S/C45H31BN4/c1-28-15-13-16-29(2)40(28)45-47-42-43-34(32-21-9-11-24-37(32)49(43)31-19-7-4-8-20-31)27-35-33-22-14-26-39-41(33)46(50(45)44(35)42)36-23-10-12-25-38(36)48(39)30-17-5-3-6-18-30/h3-27H,1-2H3. The minimum Gasteiger partial charge on any atom is -0.359 e. The summed E-state index contributed by atoms with van der Waals surface area (Å²) in [6.45, 7) is 4.39. The van der Waals surface area contributed by atoms with Crippen LogP contribution >= 0.6 is 0 Å². The number of anilines is 3. The van der Waals surface area contributed by atoms with Gasteiger partial charge in [0.15, 0.2) is 0 Å². The fourth-order valence-corrected chi connectivity index (χ4v) is 8.96. The predicted octanol–water partition coefficient (Wildman–Crippen LogP) is 9.83. The van der Waals surface area contributed by atoms with Crippen LogP contribution in [0.4, 0.5) is 17.1 Å². The molecule has 5 heteroatoms. The van der Waals surface area contributed by atoms with Crippen molar-refractivity contribution >= 4 is 67.7 Å². The van der Waals surface area contributed by atoms with E-state index in [2.05, 4.69) is 179 Å². The van der Waals surface area contributed by atoms with Crippen molar-refractivity contribution in [3.8, 4) is 28.2 Å². The second-order valence-corrected chi connectivity index (χ2v) is 13.6. The van der Waals surface area contributed by atoms with Crippen molar-refractivity contribution in [1.82, 2.24) is 14.0 Å². The Bertz CT molecular complexity index is 2830. The number of aryl methyl sites for hydroxylation is 2. The Morgan fingerprint density at radius 1 is 0.540 bits per heavy atom. The molecule has 4 nitrogen and oxygen atoms in total. The molecule has 0 atom stereocenters. The fourth-order valence-electron chi connectivity index (χ4n) is 8.96. The molecular formula is C45H31BN4. The molecule has 0 bridgehead atoms. The minimum atomic E-state index is -0.0594. The van der Waals surface area contributed by atoms with E-state index in [-0.39, 0.29) is 6.85 Å². The summed E-state index contributed by atoms with van der Waals surface area (Å²) in [5.74, 6) is 1.02. The minimum absolute atomic E-state index is 0.0594. The van der Waals surface area contributed by atoms with Crippen LogP contribution in [0.25, 0.3) is 61.0 Å². The number of hydrogen-bond acceptors (Lipinski definition) is 2. The number of aromatic nitrogens is 3. The van der Waals surface area contributed by atoms with Gasteiger partial charge in [0.2, 0.25) is 0 Å². The van der Waals surface area contributed by atoms with Crippen molar-refractivity contribution in [2.45, 2.75) is 13.8 Å². The van der Waals surface area contributed by atoms with Gasteiger partial charge in [-0.1, -0.05) is 103 Å². The van der Waals surface area contributed by atoms with Crippen LogP contribution < -0.4 is 15.8 Å². The second kappa shape index (κ2) is 10.1. The zero-order valence-corrected chi connectivity index (χ0v) is 27.8. The average molecular weight is 639 g/mol. The van der Waals surface area contributed by atoms with Crippen molar-refractivity contribution in [1.29, 1.82) is 0 Å². The van der Waals surface area contributed by atoms with Crippen molar-refractivity contribution in [3.63, 3.8) is 0 Å². The SMILES string of the molecule is Cc1cccc(C)c1-c1nc2c3c(cc4c5ccccc5n(-c5ccccc5)c42)-c2cccc4c2B(c2ccccc2N4c2ccccc2)n13. The molecule has 9 aromatic rings. The summed E-state index contributed by atoms with van der Waals surface area (Å²) in [6.07, 6.45) is 0. The van der Waals surface area contributed by atoms with Crippen molar-refractivity contribution in [2.75, 3.05) is 4.90 Å². The summed E-state index contributed by atoms with van der Waals surface area (Å²) in [6, 6.07) is 55.2. The van der Waals surface area contributed by atoms with E-state index in [1.54, 1.807) is 0 Å². The van der Waals surface area contributed by atoms with Gasteiger partial charge in [-0.05, 0) is 90.0 Å². The van der Waals surface area contributed by atoms with Crippen LogP contribution in [0.5, 0.6) is 0 Å². The third kappa shape index (κ3) is 3.53. The van der Waals surface area contributed by atoms with Crippen LogP contribution in [0.1, 0.15) is 11.1 Å². The molecule has 4 heterocycles. The Labute approximate surface area is 290 Å². The molecule has 0 N–H and O–H groups in total. The van der Waals surface area contributed by atoms with Crippen molar-refractivity contribution < 1.29 is 0 Å². The number of fused-ring (bicyclic) bond motifs is 8. The van der Waals surface area contributed by atoms with Crippen molar-refractivity contribution in [3.05, 3.63) is 163 Å². The van der Waals surface area contributed by atoms with E-state index in [0.717, 1.165) is 28.2 Å². The van der Waals surface area contributed by atoms with E-state index in [4.69, 9.17) is 4.98 Å². The van der Waals surface area contributed by atoms with E-state index in [1.165, 1.54) is 71.9 Å². The second-order valence-electron chi connectivity index (χ2n) is 13.6. The molecule has 2 aliphatic heterocycles. The summed E-state index contributed by atoms with van der Waals surface area (Å²) in [7, 11) is 0. The van der Waals surface area contributed by atoms with Crippen LogP contribution in [0.3, 0.4) is 0 Å². The Balaban J connectivity index is 1.37. The predicted molar refractivity (Wildman–Crippen MR) is 210 cm³/mol. The first-order valence-corrected chi connectivity index (χ1v) is 17.4. The highest BCUT2D eigenvalue weighted by atomic mass is 15.2. The Hall–Kier alpha value is -6.33. The zero-order valence-electron chi connectivity index (χ0n) is 27.8. The Morgan fingerprint density at radius 3 is 2.00 bits per heavy atom. The molecule has 2 aromatic heterocycles. The maximum atomic E-state index is 5.80. The maximum Gasteiger partial charge on any atom is 0.334 e. The fraction of sp³-hybridized carbons (Fsp3) is 0.0444. The van der Waals surface area contributed by atoms with Crippen LogP contribution in [0, 0.1) is 13.8 Å². The molecule has 0 fully saturated rings. The van der Waals surface area contributed by atoms with E-state index in [0.29, 0.717) is 0 Å². The van der Waals surface area contributed by atoms with Gasteiger partial charge < -0.3 is 13.9 Å². The molecule has 11 rings (SSSR count). The maximum absolute atomic E-state index is 5.80. The molecule has 50 heavy (non-hydrogen) atoms. The van der Waals surface area contributed by atoms with Crippen LogP contribution in [0.2, 0.25) is 0 Å². The lowest BCUT2D eigenvalue weighted by Gasteiger charge is -2.40. The molecule has 0 aliphatic carbocycles. The quantitative estimate of drug-likeness (QED) is 0.180. The van der Waals surface area contributed by atoms with Crippen molar-refractivity contribution in [2.24, 2.45) is 0 Å². The first kappa shape index (κ1) is 27.6. The zero-order chi connectivity index (χ0) is 33.1. The van der Waals surface area contributed by atoms with Gasteiger partial charge in [-0.3, -0.25) is 0 Å². The molecule has 7 aromatic carbocycles. The number of hydrogen-bond donors (Lipinski definition) is 0. The van der Waals surface area contributed by atoms with Gasteiger partial charge in [0.25, 0.3) is 0 Å². The van der Waals surface area contributed by atoms with E-state index in [1.807, 2.05) is 0 Å². The first-order valence-electron chi connectivity index (χ1n) is 17.4. The Kier molecular flexibility index (Phi) is 5.58. The Morgan fingerprint density at radius 2 is 1.20 bits per heavy atom. The molecule has 0 saturated heterocycles. The first-order chi connectivity index (χ1) is 24.7. The van der Waals surface area contributed by atoms with E-state index in [9.17, 15) is 0 Å². The summed E-state index contributed by atoms with van der Waals surface area (Å²) in [5, 5.41) is 2.45. The lowest BCUT2D eigenvalue weighted by Crippen LogP contribution is -2.56. The third-order valence-electron chi connectivity index (χ3n) is 10.9. The lowest BCUT2D eigenvalue weighted by molar-refractivity contribution is 1.17. The van der Waals surface area contributed by atoms with Gasteiger partial charge in [-0.25, -0.2) is 4.98 Å². The number of para-hydroxylation sites is 4. The van der Waals surface area contributed by atoms with E-state index < -0.39 is 0 Å². The summed E-state index contributed by atoms with van der Waals surface area (Å²) >= 11 is 0. The molecule has 234 valence electrons. The number of benzene rings is 7. The van der Waals surface area contributed by atoms with E-state index >= 15 is 0 Å². The smallest absolute Gasteiger partial charge is 0.334 e. The highest BCUT2D eigenvalue weighted by Crippen LogP contribution is 2.48. The van der Waals surface area contributed by atoms with Gasteiger partial charge in [-0.2, -0.15) is 0 Å². The summed E-state index contributed by atoms with van der Waals surface area (Å²) < 4.78 is 5.01. The van der Waals surface area contributed by atoms with Gasteiger partial charge in [0, 0.05) is 44.6 Å². The number of nitrogens with zero attached hydrogens (tertiary/aromatic N) is 4. The molecule has 0 saturated carbocycles. The average Bonchev–Trinajstić information content (AvgIpc) is 3.70. The third-order valence-corrected chi connectivity index (χ3v) is 10.9. The highest BCUT2D eigenvalue weighted by Gasteiger charge is 2.44. The topological polar surface area (TPSA) is 26.0 Å².